The first kappa shape index (κ1) is 35.6. The average molecular weight is 696 g/mol. The molecule has 0 atom stereocenters. The van der Waals surface area contributed by atoms with Crippen LogP contribution in [-0.2, 0) is 6.54 Å². The summed E-state index contributed by atoms with van der Waals surface area (Å²) in [6, 6.07) is 26.1. The lowest BCUT2D eigenvalue weighted by atomic mass is 10.1. The van der Waals surface area contributed by atoms with Crippen molar-refractivity contribution < 1.29 is 19.5 Å². The van der Waals surface area contributed by atoms with E-state index in [0.717, 1.165) is 26.8 Å². The zero-order valence-electron chi connectivity index (χ0n) is 28.6. The van der Waals surface area contributed by atoms with Gasteiger partial charge in [0.15, 0.2) is 21.2 Å². The van der Waals surface area contributed by atoms with Gasteiger partial charge in [0.25, 0.3) is 5.91 Å². The van der Waals surface area contributed by atoms with Crippen molar-refractivity contribution in [1.82, 2.24) is 14.0 Å². The molecule has 5 aromatic rings. The molecule has 1 N–H and O–H groups in total. The number of benzene rings is 3. The summed E-state index contributed by atoms with van der Waals surface area (Å²) in [5.41, 5.74) is 6.45. The van der Waals surface area contributed by atoms with E-state index < -0.39 is 0 Å². The molecule has 3 aromatic carbocycles. The first-order valence-electron chi connectivity index (χ1n) is 16.1. The molecule has 1 aliphatic carbocycles. The van der Waals surface area contributed by atoms with E-state index in [1.54, 1.807) is 45.3 Å². The summed E-state index contributed by atoms with van der Waals surface area (Å²) in [5, 5.41) is 9.25. The van der Waals surface area contributed by atoms with Gasteiger partial charge in [0.05, 0.1) is 27.7 Å². The van der Waals surface area contributed by atoms with E-state index in [0.29, 0.717) is 33.5 Å². The number of aliphatic hydroxyl groups is 1. The van der Waals surface area contributed by atoms with E-state index in [1.807, 2.05) is 48.7 Å². The molecule has 254 valence electrons. The van der Waals surface area contributed by atoms with Crippen molar-refractivity contribution in [3.63, 3.8) is 0 Å². The van der Waals surface area contributed by atoms with E-state index in [2.05, 4.69) is 33.8 Å². The average Bonchev–Trinajstić information content (AvgIpc) is 3.81. The molecule has 0 aliphatic heterocycles. The minimum Gasteiger partial charge on any atom is -0.395 e. The first-order valence-corrected chi connectivity index (χ1v) is 17.7. The van der Waals surface area contributed by atoms with Crippen molar-refractivity contribution in [3.8, 4) is 11.1 Å². The molecule has 1 fully saturated rings. The summed E-state index contributed by atoms with van der Waals surface area (Å²) in [5.74, 6) is 0.0399. The molecule has 0 unspecified atom stereocenters. The number of thiazole rings is 2. The number of hydrogen-bond acceptors (Lipinski definition) is 8. The van der Waals surface area contributed by atoms with Gasteiger partial charge in [-0.2, -0.15) is 0 Å². The second-order valence-corrected chi connectivity index (χ2v) is 14.0. The summed E-state index contributed by atoms with van der Waals surface area (Å²) in [6.45, 7) is 7.38. The number of aliphatic hydroxyl groups excluding tert-OH is 1. The lowest BCUT2D eigenvalue weighted by molar-refractivity contribution is 0.0827. The van der Waals surface area contributed by atoms with Gasteiger partial charge in [-0.05, 0) is 74.2 Å². The zero-order chi connectivity index (χ0) is 35.2. The number of carbonyl (C=O) groups excluding carboxylic acids is 3. The van der Waals surface area contributed by atoms with Gasteiger partial charge in [0, 0.05) is 57.5 Å². The fourth-order valence-electron chi connectivity index (χ4n) is 5.41. The fourth-order valence-corrected chi connectivity index (χ4v) is 7.59. The van der Waals surface area contributed by atoms with Crippen LogP contribution in [0.25, 0.3) is 11.1 Å². The van der Waals surface area contributed by atoms with Crippen LogP contribution in [0.2, 0.25) is 0 Å². The number of nitrogens with zero attached hydrogens (tertiary/aromatic N) is 5. The highest BCUT2D eigenvalue weighted by molar-refractivity contribution is 7.11. The largest absolute Gasteiger partial charge is 0.395 e. The highest BCUT2D eigenvalue weighted by atomic mass is 32.1. The first-order chi connectivity index (χ1) is 23.5. The molecule has 1 amide bonds. The van der Waals surface area contributed by atoms with Crippen LogP contribution in [0.5, 0.6) is 0 Å². The van der Waals surface area contributed by atoms with E-state index >= 15 is 0 Å². The summed E-state index contributed by atoms with van der Waals surface area (Å²) >= 11 is 2.81. The Bertz CT molecular complexity index is 2100. The third kappa shape index (κ3) is 8.48. The van der Waals surface area contributed by atoms with E-state index in [4.69, 9.17) is 4.99 Å². The normalized spacial score (nSPS) is 13.2. The highest BCUT2D eigenvalue weighted by Gasteiger charge is 2.28. The number of carbonyl (C=O) groups is 3. The quantitative estimate of drug-likeness (QED) is 0.164. The van der Waals surface area contributed by atoms with Crippen molar-refractivity contribution in [2.45, 2.75) is 53.1 Å². The smallest absolute Gasteiger partial charge is 0.253 e. The van der Waals surface area contributed by atoms with Crippen LogP contribution >= 0.6 is 22.7 Å². The molecule has 0 spiro atoms. The molecule has 6 rings (SSSR count). The summed E-state index contributed by atoms with van der Waals surface area (Å²) in [7, 11) is 3.41. The van der Waals surface area contributed by atoms with E-state index in [-0.39, 0.29) is 24.1 Å². The molecule has 9 nitrogen and oxygen atoms in total. The minimum atomic E-state index is -0.0669. The van der Waals surface area contributed by atoms with Crippen molar-refractivity contribution in [2.24, 2.45) is 9.98 Å². The molecular formula is C38H41N5O4S2. The molecule has 11 heteroatoms. The van der Waals surface area contributed by atoms with E-state index in [9.17, 15) is 19.5 Å². The van der Waals surface area contributed by atoms with Crippen molar-refractivity contribution >= 4 is 51.5 Å². The van der Waals surface area contributed by atoms with Crippen LogP contribution in [-0.4, -0.2) is 57.3 Å². The molecule has 49 heavy (non-hydrogen) atoms. The Hall–Kier alpha value is -4.71. The van der Waals surface area contributed by atoms with Gasteiger partial charge in [-0.15, -0.1) is 0 Å². The van der Waals surface area contributed by atoms with Crippen LogP contribution in [0, 0.1) is 13.8 Å². The van der Waals surface area contributed by atoms with Gasteiger partial charge in [0.2, 0.25) is 0 Å². The number of rotatable bonds is 9. The molecule has 2 aromatic heterocycles. The molecule has 0 radical (unpaired) electrons. The topological polar surface area (TPSA) is 109 Å². The predicted octanol–water partition coefficient (Wildman–Crippen LogP) is 7.28. The SMILES string of the molecule is CC(=O)c1sc(=Nc2ccc(-c3ccccc3)cc2)n(C2CC2)c1C.CC(=O)c1sc(=Nc2ccc(C(=O)N(C)C)cc2)n(CCO)c1C. The Morgan fingerprint density at radius 1 is 0.755 bits per heavy atom. The molecule has 1 aliphatic rings. The Morgan fingerprint density at radius 3 is 1.80 bits per heavy atom. The Labute approximate surface area is 294 Å². The summed E-state index contributed by atoms with van der Waals surface area (Å²) in [6.07, 6.45) is 2.35. The van der Waals surface area contributed by atoms with Gasteiger partial charge < -0.3 is 19.1 Å². The molecule has 0 bridgehead atoms. The van der Waals surface area contributed by atoms with Gasteiger partial charge >= 0.3 is 0 Å². The van der Waals surface area contributed by atoms with Crippen molar-refractivity contribution in [2.75, 3.05) is 20.7 Å². The lowest BCUT2D eigenvalue weighted by Gasteiger charge is -2.09. The van der Waals surface area contributed by atoms with Crippen molar-refractivity contribution in [3.05, 3.63) is 115 Å². The standard InChI is InChI=1S/C21H20N2OS.C17H21N3O3S/c1-14-20(15(2)24)25-21(23(14)19-12-13-19)22-18-10-8-17(9-11-18)16-6-4-3-5-7-16;1-11-15(12(2)22)24-17(20(11)9-10-21)18-14-7-5-13(6-8-14)16(23)19(3)4/h3-11,19H,12-13H2,1-2H3;5-8,21H,9-10H2,1-4H3. The van der Waals surface area contributed by atoms with Crippen LogP contribution in [0.1, 0.15) is 73.8 Å². The van der Waals surface area contributed by atoms with Crippen LogP contribution < -0.4 is 9.60 Å². The van der Waals surface area contributed by atoms with Crippen molar-refractivity contribution in [1.29, 1.82) is 0 Å². The number of aromatic nitrogens is 2. The Balaban J connectivity index is 0.000000191. The fraction of sp³-hybridized carbons (Fsp3) is 0.289. The maximum atomic E-state index is 11.9. The number of hydrogen-bond donors (Lipinski definition) is 1. The molecule has 1 saturated carbocycles. The zero-order valence-corrected chi connectivity index (χ0v) is 30.3. The van der Waals surface area contributed by atoms with Gasteiger partial charge in [-0.1, -0.05) is 65.1 Å². The molecule has 0 saturated heterocycles. The maximum Gasteiger partial charge on any atom is 0.253 e. The second-order valence-electron chi connectivity index (χ2n) is 12.1. The Kier molecular flexibility index (Phi) is 11.4. The second kappa shape index (κ2) is 15.7. The minimum absolute atomic E-state index is 0.0161. The summed E-state index contributed by atoms with van der Waals surface area (Å²) in [4.78, 5) is 49.5. The van der Waals surface area contributed by atoms with E-state index in [1.165, 1.54) is 58.5 Å². The van der Waals surface area contributed by atoms with Crippen LogP contribution in [0.15, 0.2) is 88.8 Å². The van der Waals surface area contributed by atoms with Gasteiger partial charge in [0.1, 0.15) is 0 Å². The lowest BCUT2D eigenvalue weighted by Crippen LogP contribution is -2.21. The van der Waals surface area contributed by atoms with Gasteiger partial charge in [-0.3, -0.25) is 14.4 Å². The number of Topliss-reactive ketones (excluding diaryl/α,β-unsaturated/α-hetero) is 2. The van der Waals surface area contributed by atoms with Gasteiger partial charge in [-0.25, -0.2) is 9.98 Å². The third-order valence-corrected chi connectivity index (χ3v) is 10.6. The molecule has 2 heterocycles. The molecular weight excluding hydrogens is 655 g/mol. The number of ketones is 2. The summed E-state index contributed by atoms with van der Waals surface area (Å²) < 4.78 is 4.08. The number of amides is 1. The van der Waals surface area contributed by atoms with Crippen LogP contribution in [0.3, 0.4) is 0 Å². The Morgan fingerprint density at radius 2 is 1.27 bits per heavy atom. The van der Waals surface area contributed by atoms with Crippen LogP contribution in [0.4, 0.5) is 11.4 Å². The highest BCUT2D eigenvalue weighted by Crippen LogP contribution is 2.36. The monoisotopic (exact) mass is 695 g/mol. The maximum absolute atomic E-state index is 11.9. The predicted molar refractivity (Wildman–Crippen MR) is 196 cm³/mol. The third-order valence-electron chi connectivity index (χ3n) is 8.07.